The Morgan fingerprint density at radius 2 is 2.19 bits per heavy atom. The van der Waals surface area contributed by atoms with Crippen LogP contribution in [0, 0.1) is 0 Å². The zero-order valence-corrected chi connectivity index (χ0v) is 15.4. The molecule has 3 aliphatic rings. The van der Waals surface area contributed by atoms with Crippen molar-refractivity contribution in [2.24, 2.45) is 4.99 Å². The van der Waals surface area contributed by atoms with E-state index in [0.29, 0.717) is 28.8 Å². The van der Waals surface area contributed by atoms with Gasteiger partial charge in [-0.05, 0) is 19.1 Å². The maximum atomic E-state index is 11.9. The molecular weight excluding hydrogens is 354 g/mol. The number of nitrogens with zero attached hydrogens (tertiary/aromatic N) is 4. The van der Waals surface area contributed by atoms with E-state index in [1.807, 2.05) is 18.3 Å². The molecule has 0 aromatic carbocycles. The lowest BCUT2D eigenvalue weighted by Gasteiger charge is -2.46. The molecule has 1 atom stereocenters. The van der Waals surface area contributed by atoms with Crippen molar-refractivity contribution >= 4 is 34.6 Å². The molecule has 4 rings (SSSR count). The van der Waals surface area contributed by atoms with E-state index in [0.717, 1.165) is 38.5 Å². The molecule has 8 heteroatoms. The molecule has 138 valence electrons. The summed E-state index contributed by atoms with van der Waals surface area (Å²) in [6.07, 6.45) is 3.36. The van der Waals surface area contributed by atoms with Crippen molar-refractivity contribution in [3.05, 3.63) is 29.6 Å². The summed E-state index contributed by atoms with van der Waals surface area (Å²) in [5, 5.41) is 3.20. The van der Waals surface area contributed by atoms with Crippen LogP contribution in [0.15, 0.2) is 34.6 Å². The second kappa shape index (κ2) is 7.34. The Morgan fingerprint density at radius 3 is 2.85 bits per heavy atom. The number of allylic oxidation sites excluding steroid dienone is 1. The molecule has 0 bridgehead atoms. The Labute approximate surface area is 157 Å². The summed E-state index contributed by atoms with van der Waals surface area (Å²) in [7, 11) is 0. The van der Waals surface area contributed by atoms with E-state index >= 15 is 0 Å². The van der Waals surface area contributed by atoms with Crippen LogP contribution in [0.4, 0.5) is 11.5 Å². The monoisotopic (exact) mass is 375 g/mol. The quantitative estimate of drug-likeness (QED) is 0.803. The van der Waals surface area contributed by atoms with Gasteiger partial charge in [0.15, 0.2) is 11.6 Å². The topological polar surface area (TPSA) is 70.1 Å². The number of anilines is 1. The van der Waals surface area contributed by atoms with E-state index in [9.17, 15) is 4.79 Å². The minimum Gasteiger partial charge on any atom is -0.378 e. The van der Waals surface area contributed by atoms with Crippen LogP contribution in [-0.4, -0.2) is 72.9 Å². The number of Topliss-reactive ketones (excluding diaryl/α,β-unsaturated/α-hetero) is 1. The van der Waals surface area contributed by atoms with Gasteiger partial charge in [0.1, 0.15) is 10.9 Å². The van der Waals surface area contributed by atoms with Crippen molar-refractivity contribution in [3.63, 3.8) is 0 Å². The Balaban J connectivity index is 1.44. The van der Waals surface area contributed by atoms with Gasteiger partial charge in [-0.2, -0.15) is 0 Å². The number of ketones is 1. The highest BCUT2D eigenvalue weighted by Gasteiger charge is 2.32. The van der Waals surface area contributed by atoms with Gasteiger partial charge in [-0.25, -0.2) is 9.98 Å². The number of pyridine rings is 1. The minimum absolute atomic E-state index is 0.0926. The van der Waals surface area contributed by atoms with E-state index in [4.69, 9.17) is 16.3 Å². The predicted octanol–water partition coefficient (Wildman–Crippen LogP) is 1.32. The molecule has 26 heavy (non-hydrogen) atoms. The first kappa shape index (κ1) is 17.5. The lowest BCUT2D eigenvalue weighted by molar-refractivity contribution is -0.112. The van der Waals surface area contributed by atoms with Crippen LogP contribution in [0.3, 0.4) is 0 Å². The summed E-state index contributed by atoms with van der Waals surface area (Å²) >= 11 is 5.91. The third kappa shape index (κ3) is 3.60. The molecule has 4 heterocycles. The lowest BCUT2D eigenvalue weighted by atomic mass is 10.1. The summed E-state index contributed by atoms with van der Waals surface area (Å²) in [5.74, 6) is 0.419. The Hall–Kier alpha value is -1.96. The number of ether oxygens (including phenoxy) is 1. The second-order valence-electron chi connectivity index (χ2n) is 6.87. The average molecular weight is 376 g/mol. The summed E-state index contributed by atoms with van der Waals surface area (Å²) < 4.78 is 5.31. The maximum absolute atomic E-state index is 11.9. The first-order valence-corrected chi connectivity index (χ1v) is 9.25. The number of halogens is 1. The largest absolute Gasteiger partial charge is 0.378 e. The van der Waals surface area contributed by atoms with Gasteiger partial charge < -0.3 is 15.0 Å². The molecule has 0 radical (unpaired) electrons. The molecule has 3 aliphatic heterocycles. The van der Waals surface area contributed by atoms with Crippen molar-refractivity contribution in [2.75, 3.05) is 44.3 Å². The standard InChI is InChI=1S/C18H22ClN5O2/c1-12-9-23(14-10-26-11-14)4-5-24(12)13-2-3-18(21-7-13)22-15-6-17(19)20-8-16(15)25/h2-3,6-7,12,14,20H,4-5,8-11H2,1H3/t12-/m0/s1. The molecule has 2 saturated heterocycles. The number of nitrogens with one attached hydrogen (secondary N) is 1. The Bertz CT molecular complexity index is 744. The molecule has 0 aliphatic carbocycles. The van der Waals surface area contributed by atoms with Crippen LogP contribution in [-0.2, 0) is 9.53 Å². The lowest BCUT2D eigenvalue weighted by Crippen LogP contribution is -2.59. The zero-order valence-electron chi connectivity index (χ0n) is 14.7. The fourth-order valence-corrected chi connectivity index (χ4v) is 3.64. The van der Waals surface area contributed by atoms with E-state index in [1.54, 1.807) is 0 Å². The van der Waals surface area contributed by atoms with Crippen LogP contribution in [0.1, 0.15) is 6.92 Å². The highest BCUT2D eigenvalue weighted by atomic mass is 35.5. The smallest absolute Gasteiger partial charge is 0.200 e. The van der Waals surface area contributed by atoms with Gasteiger partial charge in [-0.3, -0.25) is 9.69 Å². The van der Waals surface area contributed by atoms with Crippen LogP contribution in [0.25, 0.3) is 0 Å². The number of carbonyl (C=O) groups excluding carboxylic acids is 1. The molecule has 7 nitrogen and oxygen atoms in total. The van der Waals surface area contributed by atoms with Crippen LogP contribution < -0.4 is 10.2 Å². The summed E-state index contributed by atoms with van der Waals surface area (Å²) in [5.41, 5.74) is 1.41. The van der Waals surface area contributed by atoms with Crippen molar-refractivity contribution in [2.45, 2.75) is 19.0 Å². The van der Waals surface area contributed by atoms with Crippen molar-refractivity contribution in [1.82, 2.24) is 15.2 Å². The van der Waals surface area contributed by atoms with Gasteiger partial charge in [-0.1, -0.05) is 11.6 Å². The van der Waals surface area contributed by atoms with E-state index in [2.05, 4.69) is 32.0 Å². The summed E-state index contributed by atoms with van der Waals surface area (Å²) in [6.45, 7) is 7.15. The van der Waals surface area contributed by atoms with Crippen molar-refractivity contribution in [1.29, 1.82) is 0 Å². The first-order chi connectivity index (χ1) is 12.6. The molecule has 2 fully saturated rings. The molecule has 1 N–H and O–H groups in total. The molecule has 0 spiro atoms. The van der Waals surface area contributed by atoms with Crippen LogP contribution in [0.2, 0.25) is 0 Å². The van der Waals surface area contributed by atoms with Crippen LogP contribution >= 0.6 is 11.6 Å². The number of hydrogen-bond donors (Lipinski definition) is 1. The number of rotatable bonds is 3. The van der Waals surface area contributed by atoms with Gasteiger partial charge in [0.05, 0.1) is 37.7 Å². The van der Waals surface area contributed by atoms with E-state index in [1.165, 1.54) is 6.08 Å². The third-order valence-electron chi connectivity index (χ3n) is 5.06. The molecule has 0 unspecified atom stereocenters. The van der Waals surface area contributed by atoms with Gasteiger partial charge in [-0.15, -0.1) is 0 Å². The van der Waals surface area contributed by atoms with Gasteiger partial charge >= 0.3 is 0 Å². The molecule has 1 aromatic heterocycles. The fraction of sp³-hybridized carbons (Fsp3) is 0.500. The van der Waals surface area contributed by atoms with Gasteiger partial charge in [0.2, 0.25) is 0 Å². The number of aliphatic imine (C=N–C) groups is 1. The first-order valence-electron chi connectivity index (χ1n) is 8.87. The maximum Gasteiger partial charge on any atom is 0.200 e. The average Bonchev–Trinajstić information content (AvgIpc) is 2.58. The second-order valence-corrected chi connectivity index (χ2v) is 7.28. The highest BCUT2D eigenvalue weighted by molar-refractivity contribution is 6.48. The van der Waals surface area contributed by atoms with Gasteiger partial charge in [0.25, 0.3) is 0 Å². The normalized spacial score (nSPS) is 26.5. The summed E-state index contributed by atoms with van der Waals surface area (Å²) in [6, 6.07) is 4.86. The molecule has 0 amide bonds. The molecular formula is C18H22ClN5O2. The van der Waals surface area contributed by atoms with Gasteiger partial charge in [0, 0.05) is 31.8 Å². The Morgan fingerprint density at radius 1 is 1.35 bits per heavy atom. The molecule has 1 aromatic rings. The summed E-state index contributed by atoms with van der Waals surface area (Å²) in [4.78, 5) is 25.5. The zero-order chi connectivity index (χ0) is 18.1. The highest BCUT2D eigenvalue weighted by Crippen LogP contribution is 2.24. The third-order valence-corrected chi connectivity index (χ3v) is 5.30. The fourth-order valence-electron chi connectivity index (χ4n) is 3.47. The number of piperazine rings is 1. The number of carbonyl (C=O) groups is 1. The predicted molar refractivity (Wildman–Crippen MR) is 101 cm³/mol. The molecule has 0 saturated carbocycles. The minimum atomic E-state index is -0.0926. The van der Waals surface area contributed by atoms with Crippen molar-refractivity contribution in [3.8, 4) is 0 Å². The Kier molecular flexibility index (Phi) is 4.93. The number of hydrogen-bond acceptors (Lipinski definition) is 7. The van der Waals surface area contributed by atoms with E-state index in [-0.39, 0.29) is 12.3 Å². The number of aromatic nitrogens is 1. The van der Waals surface area contributed by atoms with Crippen molar-refractivity contribution < 1.29 is 9.53 Å². The van der Waals surface area contributed by atoms with E-state index < -0.39 is 0 Å². The van der Waals surface area contributed by atoms with Crippen LogP contribution in [0.5, 0.6) is 0 Å². The SMILES string of the molecule is C[C@H]1CN(C2COC2)CCN1c1ccc(N=C2C=C(Cl)NCC2=O)nc1.